The van der Waals surface area contributed by atoms with E-state index in [-0.39, 0.29) is 18.0 Å². The number of hydrogen-bond acceptors (Lipinski definition) is 3. The molecule has 1 aliphatic rings. The first-order valence-electron chi connectivity index (χ1n) is 6.13. The topological polar surface area (TPSA) is 92.5 Å². The van der Waals surface area contributed by atoms with Crippen molar-refractivity contribution in [3.05, 3.63) is 33.8 Å². The minimum Gasteiger partial charge on any atom is -0.370 e. The molecule has 0 aromatic heterocycles. The van der Waals surface area contributed by atoms with Crippen molar-refractivity contribution in [2.45, 2.75) is 18.9 Å². The molecular weight excluding hydrogens is 317 g/mol. The Kier molecular flexibility index (Phi) is 4.11. The number of halogens is 2. The Labute approximate surface area is 131 Å². The summed E-state index contributed by atoms with van der Waals surface area (Å²) in [5.41, 5.74) is 4.18. The highest BCUT2D eigenvalue weighted by Crippen LogP contribution is 2.34. The molecule has 1 unspecified atom stereocenters. The van der Waals surface area contributed by atoms with Crippen molar-refractivity contribution < 1.29 is 14.4 Å². The van der Waals surface area contributed by atoms with Crippen LogP contribution in [-0.2, 0) is 15.1 Å². The largest absolute Gasteiger partial charge is 0.370 e. The van der Waals surface area contributed by atoms with Crippen LogP contribution in [0.25, 0.3) is 0 Å². The summed E-state index contributed by atoms with van der Waals surface area (Å²) in [7, 11) is 0. The monoisotopic (exact) mass is 329 g/mol. The third-order valence-corrected chi connectivity index (χ3v) is 3.87. The number of nitrogens with two attached hydrogens (primary N) is 1. The average Bonchev–Trinajstić information content (AvgIpc) is 2.58. The molecule has 112 valence electrons. The van der Waals surface area contributed by atoms with Gasteiger partial charge in [-0.15, -0.1) is 0 Å². The number of urea groups is 1. The van der Waals surface area contributed by atoms with Crippen molar-refractivity contribution in [1.29, 1.82) is 0 Å². The van der Waals surface area contributed by atoms with Crippen LogP contribution in [0.3, 0.4) is 0 Å². The summed E-state index contributed by atoms with van der Waals surface area (Å²) in [5.74, 6) is -1.08. The minimum absolute atomic E-state index is 0.0687. The Hall–Kier alpha value is -1.79. The SMILES string of the molecule is CC1(c2ccc(Cl)cc2Cl)NC(=O)N(CCC(N)=O)C1=O. The number of hydrogen-bond donors (Lipinski definition) is 2. The zero-order valence-electron chi connectivity index (χ0n) is 11.2. The lowest BCUT2D eigenvalue weighted by Gasteiger charge is -2.23. The third kappa shape index (κ3) is 2.82. The van der Waals surface area contributed by atoms with Crippen molar-refractivity contribution >= 4 is 41.0 Å². The standard InChI is InChI=1S/C13H13Cl2N3O3/c1-13(8-3-2-7(14)6-9(8)15)11(20)18(12(21)17-13)5-4-10(16)19/h2-3,6H,4-5H2,1H3,(H2,16,19)(H,17,21). The molecule has 1 fully saturated rings. The van der Waals surface area contributed by atoms with Crippen molar-refractivity contribution in [2.24, 2.45) is 5.73 Å². The van der Waals surface area contributed by atoms with E-state index in [1.807, 2.05) is 0 Å². The van der Waals surface area contributed by atoms with E-state index in [9.17, 15) is 14.4 Å². The average molecular weight is 330 g/mol. The molecule has 8 heteroatoms. The second-order valence-corrected chi connectivity index (χ2v) is 5.70. The Morgan fingerprint density at radius 3 is 2.62 bits per heavy atom. The first-order valence-corrected chi connectivity index (χ1v) is 6.89. The quantitative estimate of drug-likeness (QED) is 0.822. The fourth-order valence-electron chi connectivity index (χ4n) is 2.20. The molecule has 0 spiro atoms. The Morgan fingerprint density at radius 1 is 1.38 bits per heavy atom. The van der Waals surface area contributed by atoms with Crippen LogP contribution in [0.4, 0.5) is 4.79 Å². The van der Waals surface area contributed by atoms with E-state index in [0.717, 1.165) is 4.90 Å². The molecule has 1 aromatic rings. The summed E-state index contributed by atoms with van der Waals surface area (Å²) in [6, 6.07) is 4.07. The van der Waals surface area contributed by atoms with Gasteiger partial charge in [-0.05, 0) is 19.1 Å². The van der Waals surface area contributed by atoms with Crippen molar-refractivity contribution in [3.63, 3.8) is 0 Å². The Bertz CT molecular complexity index is 635. The smallest absolute Gasteiger partial charge is 0.325 e. The molecule has 0 aliphatic carbocycles. The summed E-state index contributed by atoms with van der Waals surface area (Å²) < 4.78 is 0. The van der Waals surface area contributed by atoms with Crippen LogP contribution in [0.2, 0.25) is 10.0 Å². The molecular formula is C13H13Cl2N3O3. The van der Waals surface area contributed by atoms with Gasteiger partial charge in [0, 0.05) is 28.6 Å². The van der Waals surface area contributed by atoms with Crippen molar-refractivity contribution in [2.75, 3.05) is 6.54 Å². The summed E-state index contributed by atoms with van der Waals surface area (Å²) in [5, 5.41) is 3.29. The second kappa shape index (κ2) is 5.54. The number of carbonyl (C=O) groups is 3. The molecule has 1 aromatic carbocycles. The summed E-state index contributed by atoms with van der Waals surface area (Å²) in [6.07, 6.45) is -0.0937. The maximum absolute atomic E-state index is 12.5. The van der Waals surface area contributed by atoms with Gasteiger partial charge in [0.2, 0.25) is 5.91 Å². The fraction of sp³-hybridized carbons (Fsp3) is 0.308. The van der Waals surface area contributed by atoms with E-state index in [1.165, 1.54) is 6.07 Å². The van der Waals surface area contributed by atoms with Crippen LogP contribution >= 0.6 is 23.2 Å². The van der Waals surface area contributed by atoms with E-state index in [0.29, 0.717) is 10.6 Å². The molecule has 1 aliphatic heterocycles. The van der Waals surface area contributed by atoms with Gasteiger partial charge in [-0.3, -0.25) is 14.5 Å². The Balaban J connectivity index is 2.33. The zero-order valence-corrected chi connectivity index (χ0v) is 12.7. The van der Waals surface area contributed by atoms with E-state index in [1.54, 1.807) is 19.1 Å². The van der Waals surface area contributed by atoms with Gasteiger partial charge >= 0.3 is 6.03 Å². The number of nitrogens with one attached hydrogen (secondary N) is 1. The third-order valence-electron chi connectivity index (χ3n) is 3.33. The molecule has 0 radical (unpaired) electrons. The molecule has 21 heavy (non-hydrogen) atoms. The number of carbonyl (C=O) groups excluding carboxylic acids is 3. The molecule has 2 rings (SSSR count). The highest BCUT2D eigenvalue weighted by molar-refractivity contribution is 6.35. The van der Waals surface area contributed by atoms with Crippen LogP contribution in [0.15, 0.2) is 18.2 Å². The van der Waals surface area contributed by atoms with Crippen molar-refractivity contribution in [3.8, 4) is 0 Å². The summed E-state index contributed by atoms with van der Waals surface area (Å²) >= 11 is 11.9. The van der Waals surface area contributed by atoms with Crippen molar-refractivity contribution in [1.82, 2.24) is 10.2 Å². The zero-order chi connectivity index (χ0) is 15.8. The van der Waals surface area contributed by atoms with Gasteiger partial charge in [0.1, 0.15) is 5.54 Å². The van der Waals surface area contributed by atoms with E-state index in [2.05, 4.69) is 5.32 Å². The van der Waals surface area contributed by atoms with E-state index < -0.39 is 23.4 Å². The predicted octanol–water partition coefficient (Wildman–Crippen LogP) is 1.64. The highest BCUT2D eigenvalue weighted by atomic mass is 35.5. The maximum atomic E-state index is 12.5. The van der Waals surface area contributed by atoms with Crippen LogP contribution in [-0.4, -0.2) is 29.3 Å². The van der Waals surface area contributed by atoms with Gasteiger partial charge in [-0.1, -0.05) is 29.3 Å². The fourth-order valence-corrected chi connectivity index (χ4v) is 2.80. The molecule has 0 bridgehead atoms. The van der Waals surface area contributed by atoms with Gasteiger partial charge in [0.15, 0.2) is 0 Å². The number of rotatable bonds is 4. The van der Waals surface area contributed by atoms with Crippen LogP contribution in [0, 0.1) is 0 Å². The van der Waals surface area contributed by atoms with Crippen LogP contribution in [0.5, 0.6) is 0 Å². The first-order chi connectivity index (χ1) is 9.75. The lowest BCUT2D eigenvalue weighted by Crippen LogP contribution is -2.41. The van der Waals surface area contributed by atoms with Crippen LogP contribution in [0.1, 0.15) is 18.9 Å². The maximum Gasteiger partial charge on any atom is 0.325 e. The number of benzene rings is 1. The van der Waals surface area contributed by atoms with E-state index in [4.69, 9.17) is 28.9 Å². The Morgan fingerprint density at radius 2 is 2.05 bits per heavy atom. The normalized spacial score (nSPS) is 21.6. The molecule has 1 saturated heterocycles. The lowest BCUT2D eigenvalue weighted by atomic mass is 9.92. The number of nitrogens with zero attached hydrogens (tertiary/aromatic N) is 1. The summed E-state index contributed by atoms with van der Waals surface area (Å²) in [6.45, 7) is 1.48. The molecule has 0 saturated carbocycles. The lowest BCUT2D eigenvalue weighted by molar-refractivity contribution is -0.131. The second-order valence-electron chi connectivity index (χ2n) is 4.85. The predicted molar refractivity (Wildman–Crippen MR) is 77.9 cm³/mol. The van der Waals surface area contributed by atoms with Gasteiger partial charge in [-0.25, -0.2) is 4.79 Å². The van der Waals surface area contributed by atoms with Gasteiger partial charge in [0.05, 0.1) is 0 Å². The number of amides is 4. The highest BCUT2D eigenvalue weighted by Gasteiger charge is 2.49. The van der Waals surface area contributed by atoms with Gasteiger partial charge in [0.25, 0.3) is 5.91 Å². The van der Waals surface area contributed by atoms with Gasteiger partial charge < -0.3 is 11.1 Å². The molecule has 4 amide bonds. The van der Waals surface area contributed by atoms with Crippen LogP contribution < -0.4 is 11.1 Å². The number of imide groups is 1. The molecule has 6 nitrogen and oxygen atoms in total. The molecule has 1 atom stereocenters. The van der Waals surface area contributed by atoms with E-state index >= 15 is 0 Å². The molecule has 1 heterocycles. The van der Waals surface area contributed by atoms with Gasteiger partial charge in [-0.2, -0.15) is 0 Å². The summed E-state index contributed by atoms with van der Waals surface area (Å²) in [4.78, 5) is 36.2. The minimum atomic E-state index is -1.30. The number of primary amides is 1. The molecule has 3 N–H and O–H groups in total. The first kappa shape index (κ1) is 15.6.